The topological polar surface area (TPSA) is 25.4 Å². The summed E-state index contributed by atoms with van der Waals surface area (Å²) in [6, 6.07) is 4.12. The van der Waals surface area contributed by atoms with Crippen molar-refractivity contribution >= 4 is 11.6 Å². The molecule has 0 saturated carbocycles. The molecular weight excluding hydrogens is 236 g/mol. The molecule has 0 aliphatic carbocycles. The molecule has 1 aromatic rings. The monoisotopic (exact) mass is 250 g/mol. The molecule has 1 aromatic heterocycles. The number of hydrogen-bond acceptors (Lipinski definition) is 3. The molecule has 4 unspecified atom stereocenters. The normalized spacial score (nSPS) is 42.5. The molecule has 0 radical (unpaired) electrons. The molecule has 90 valence electrons. The summed E-state index contributed by atoms with van der Waals surface area (Å²) in [5.74, 6) is 1.43. The third-order valence-corrected chi connectivity index (χ3v) is 4.95. The van der Waals surface area contributed by atoms with Crippen LogP contribution in [0.2, 0.25) is 0 Å². The van der Waals surface area contributed by atoms with Crippen molar-refractivity contribution in [2.45, 2.75) is 30.4 Å². The summed E-state index contributed by atoms with van der Waals surface area (Å²) >= 11 is 6.34. The summed E-state index contributed by atoms with van der Waals surface area (Å²) in [6.07, 6.45) is 5.07. The second kappa shape index (κ2) is 3.36. The molecule has 4 atom stereocenters. The molecule has 0 aromatic carbocycles. The van der Waals surface area contributed by atoms with Gasteiger partial charge in [0.15, 0.2) is 0 Å². The lowest BCUT2D eigenvalue weighted by atomic mass is 9.73. The molecule has 17 heavy (non-hydrogen) atoms. The summed E-state index contributed by atoms with van der Waals surface area (Å²) in [4.78, 5) is 6.69. The van der Waals surface area contributed by atoms with Crippen LogP contribution in [0.3, 0.4) is 0 Å². The van der Waals surface area contributed by atoms with E-state index < -0.39 is 0 Å². The number of pyridine rings is 1. The fraction of sp³-hybridized carbons (Fsp3) is 0.615. The van der Waals surface area contributed by atoms with Gasteiger partial charge in [-0.2, -0.15) is 0 Å². The highest BCUT2D eigenvalue weighted by Crippen LogP contribution is 2.48. The van der Waals surface area contributed by atoms with Crippen LogP contribution in [0.5, 0.6) is 5.88 Å². The van der Waals surface area contributed by atoms with Gasteiger partial charge in [-0.05, 0) is 18.9 Å². The molecular formula is C13H15ClN2O. The third-order valence-electron chi connectivity index (χ3n) is 4.49. The van der Waals surface area contributed by atoms with Gasteiger partial charge in [0.1, 0.15) is 5.60 Å². The molecule has 1 spiro atoms. The molecule has 3 saturated heterocycles. The molecule has 3 fully saturated rings. The second-order valence-electron chi connectivity index (χ2n) is 5.44. The van der Waals surface area contributed by atoms with Crippen LogP contribution in [-0.2, 0) is 6.42 Å². The van der Waals surface area contributed by atoms with E-state index >= 15 is 0 Å². The number of nitrogens with zero attached hydrogens (tertiary/aromatic N) is 2. The van der Waals surface area contributed by atoms with E-state index in [1.807, 2.05) is 12.3 Å². The summed E-state index contributed by atoms with van der Waals surface area (Å²) < 4.78 is 6.21. The van der Waals surface area contributed by atoms with Gasteiger partial charge >= 0.3 is 0 Å². The number of rotatable bonds is 0. The van der Waals surface area contributed by atoms with Crippen molar-refractivity contribution in [3.63, 3.8) is 0 Å². The zero-order valence-corrected chi connectivity index (χ0v) is 10.4. The zero-order chi connectivity index (χ0) is 11.5. The lowest BCUT2D eigenvalue weighted by molar-refractivity contribution is -0.0902. The highest BCUT2D eigenvalue weighted by molar-refractivity contribution is 6.20. The van der Waals surface area contributed by atoms with Gasteiger partial charge < -0.3 is 4.74 Å². The second-order valence-corrected chi connectivity index (χ2v) is 5.94. The van der Waals surface area contributed by atoms with Gasteiger partial charge in [-0.3, -0.25) is 4.90 Å². The molecule has 0 amide bonds. The Morgan fingerprint density at radius 2 is 2.47 bits per heavy atom. The Hall–Kier alpha value is -0.800. The average Bonchev–Trinajstić information content (AvgIpc) is 2.69. The molecule has 0 N–H and O–H groups in total. The van der Waals surface area contributed by atoms with Crippen molar-refractivity contribution in [3.05, 3.63) is 23.9 Å². The predicted octanol–water partition coefficient (Wildman–Crippen LogP) is 2.05. The first-order valence-corrected chi connectivity index (χ1v) is 6.71. The van der Waals surface area contributed by atoms with Gasteiger partial charge in [0.05, 0.1) is 5.50 Å². The quantitative estimate of drug-likeness (QED) is 0.521. The summed E-state index contributed by atoms with van der Waals surface area (Å²) in [7, 11) is 0. The summed E-state index contributed by atoms with van der Waals surface area (Å²) in [5.41, 5.74) is 1.42. The van der Waals surface area contributed by atoms with E-state index in [1.54, 1.807) is 0 Å². The van der Waals surface area contributed by atoms with Crippen LogP contribution in [-0.4, -0.2) is 34.1 Å². The van der Waals surface area contributed by atoms with E-state index in [-0.39, 0.29) is 11.1 Å². The Morgan fingerprint density at radius 1 is 1.53 bits per heavy atom. The minimum atomic E-state index is -0.0413. The van der Waals surface area contributed by atoms with Crippen molar-refractivity contribution < 1.29 is 4.74 Å². The van der Waals surface area contributed by atoms with E-state index in [4.69, 9.17) is 16.3 Å². The molecule has 5 heterocycles. The lowest BCUT2D eigenvalue weighted by Crippen LogP contribution is -2.63. The maximum absolute atomic E-state index is 6.34. The van der Waals surface area contributed by atoms with Crippen LogP contribution in [0.4, 0.5) is 0 Å². The van der Waals surface area contributed by atoms with E-state index in [2.05, 4.69) is 16.0 Å². The fourth-order valence-corrected chi connectivity index (χ4v) is 3.99. The van der Waals surface area contributed by atoms with Crippen molar-refractivity contribution in [2.24, 2.45) is 5.92 Å². The van der Waals surface area contributed by atoms with Gasteiger partial charge in [-0.25, -0.2) is 4.98 Å². The summed E-state index contributed by atoms with van der Waals surface area (Å²) in [5, 5.41) is 0. The predicted molar refractivity (Wildman–Crippen MR) is 65.2 cm³/mol. The van der Waals surface area contributed by atoms with Gasteiger partial charge in [0, 0.05) is 37.2 Å². The van der Waals surface area contributed by atoms with Gasteiger partial charge in [-0.15, -0.1) is 11.6 Å². The van der Waals surface area contributed by atoms with E-state index in [9.17, 15) is 0 Å². The molecule has 4 aliphatic rings. The Bertz CT molecular complexity index is 439. The summed E-state index contributed by atoms with van der Waals surface area (Å²) in [6.45, 7) is 2.08. The minimum absolute atomic E-state index is 0.0413. The molecule has 5 rings (SSSR count). The van der Waals surface area contributed by atoms with Crippen LogP contribution in [0, 0.1) is 5.92 Å². The number of piperidine rings is 3. The lowest BCUT2D eigenvalue weighted by Gasteiger charge is -2.52. The number of fused-ring (bicyclic) bond motifs is 3. The smallest absolute Gasteiger partial charge is 0.217 e. The van der Waals surface area contributed by atoms with Crippen LogP contribution in [0.15, 0.2) is 18.3 Å². The van der Waals surface area contributed by atoms with Gasteiger partial charge in [0.25, 0.3) is 0 Å². The standard InChI is InChI=1S/C13H15ClN2O/c14-11-6-10-3-5-16(11)8-13(10)7-9-2-1-4-15-12(9)17-13/h1-2,4,10-11H,3,5-8H2. The van der Waals surface area contributed by atoms with E-state index in [0.29, 0.717) is 5.92 Å². The van der Waals surface area contributed by atoms with E-state index in [0.717, 1.165) is 31.8 Å². The molecule has 2 bridgehead atoms. The average molecular weight is 251 g/mol. The number of aromatic nitrogens is 1. The van der Waals surface area contributed by atoms with Crippen LogP contribution in [0.25, 0.3) is 0 Å². The SMILES string of the molecule is ClC1CC2CCN1CC21Cc2cccnc2O1. The number of hydrogen-bond donors (Lipinski definition) is 0. The van der Waals surface area contributed by atoms with Crippen LogP contribution in [0.1, 0.15) is 18.4 Å². The number of alkyl halides is 1. The first kappa shape index (κ1) is 10.2. The van der Waals surface area contributed by atoms with Crippen LogP contribution < -0.4 is 4.74 Å². The third kappa shape index (κ3) is 1.36. The van der Waals surface area contributed by atoms with Crippen molar-refractivity contribution in [2.75, 3.05) is 13.1 Å². The fourth-order valence-electron chi connectivity index (χ4n) is 3.61. The maximum Gasteiger partial charge on any atom is 0.217 e. The Balaban J connectivity index is 1.69. The zero-order valence-electron chi connectivity index (χ0n) is 9.60. The molecule has 3 nitrogen and oxygen atoms in total. The van der Waals surface area contributed by atoms with Crippen molar-refractivity contribution in [3.8, 4) is 5.88 Å². The van der Waals surface area contributed by atoms with E-state index in [1.165, 1.54) is 12.0 Å². The highest BCUT2D eigenvalue weighted by atomic mass is 35.5. The van der Waals surface area contributed by atoms with Gasteiger partial charge in [0.2, 0.25) is 5.88 Å². The Labute approximate surface area is 106 Å². The van der Waals surface area contributed by atoms with Gasteiger partial charge in [-0.1, -0.05) is 6.07 Å². The van der Waals surface area contributed by atoms with Crippen molar-refractivity contribution in [1.29, 1.82) is 0 Å². The highest BCUT2D eigenvalue weighted by Gasteiger charge is 2.54. The first-order valence-electron chi connectivity index (χ1n) is 6.28. The Kier molecular flexibility index (Phi) is 2.01. The largest absolute Gasteiger partial charge is 0.469 e. The number of ether oxygens (including phenoxy) is 1. The molecule has 4 heteroatoms. The molecule has 4 aliphatic heterocycles. The minimum Gasteiger partial charge on any atom is -0.469 e. The Morgan fingerprint density at radius 3 is 3.18 bits per heavy atom. The first-order chi connectivity index (χ1) is 8.27. The van der Waals surface area contributed by atoms with Crippen LogP contribution >= 0.6 is 11.6 Å². The maximum atomic E-state index is 6.34. The number of halogens is 1. The van der Waals surface area contributed by atoms with Crippen molar-refractivity contribution in [1.82, 2.24) is 9.88 Å².